The van der Waals surface area contributed by atoms with Crippen molar-refractivity contribution in [1.29, 1.82) is 0 Å². The zero-order valence-electron chi connectivity index (χ0n) is 19.8. The SMILES string of the molecule is Cc1noc(-c2ccc(-c3ccc(CC(=O)O)cc3)cc2)c1CC(O)OCc1cccc(C(F)(F)F)c1. The van der Waals surface area contributed by atoms with E-state index in [-0.39, 0.29) is 19.4 Å². The molecule has 0 spiro atoms. The highest BCUT2D eigenvalue weighted by atomic mass is 19.4. The molecule has 1 heterocycles. The number of carboxylic acids is 1. The van der Waals surface area contributed by atoms with Crippen LogP contribution in [0.15, 0.2) is 77.3 Å². The van der Waals surface area contributed by atoms with Crippen molar-refractivity contribution in [2.24, 2.45) is 0 Å². The van der Waals surface area contributed by atoms with E-state index >= 15 is 0 Å². The van der Waals surface area contributed by atoms with Crippen LogP contribution >= 0.6 is 0 Å². The highest BCUT2D eigenvalue weighted by molar-refractivity contribution is 5.72. The monoisotopic (exact) mass is 511 g/mol. The Morgan fingerprint density at radius 2 is 1.59 bits per heavy atom. The van der Waals surface area contributed by atoms with E-state index in [0.29, 0.717) is 28.1 Å². The van der Waals surface area contributed by atoms with Gasteiger partial charge in [-0.1, -0.05) is 65.8 Å². The number of rotatable bonds is 9. The summed E-state index contributed by atoms with van der Waals surface area (Å²) in [7, 11) is 0. The molecule has 37 heavy (non-hydrogen) atoms. The first-order chi connectivity index (χ1) is 17.6. The molecule has 0 fully saturated rings. The summed E-state index contributed by atoms with van der Waals surface area (Å²) in [6.45, 7) is 1.54. The van der Waals surface area contributed by atoms with Crippen LogP contribution in [0.3, 0.4) is 0 Å². The number of benzene rings is 3. The van der Waals surface area contributed by atoms with E-state index in [1.165, 1.54) is 12.1 Å². The van der Waals surface area contributed by atoms with Crippen molar-refractivity contribution < 1.29 is 37.4 Å². The standard InChI is InChI=1S/C28H24F3NO5/c1-17-24(15-26(35)36-16-19-3-2-4-23(13-19)28(29,30)31)27(37-32-17)22-11-9-21(10-12-22)20-7-5-18(6-8-20)14-25(33)34/h2-13,26,35H,14-16H2,1H3,(H,33,34). The number of carboxylic acid groups (broad SMARTS) is 1. The van der Waals surface area contributed by atoms with Crippen LogP contribution in [0.1, 0.15) is 27.9 Å². The van der Waals surface area contributed by atoms with Crippen LogP contribution in [-0.4, -0.2) is 27.6 Å². The summed E-state index contributed by atoms with van der Waals surface area (Å²) in [6, 6.07) is 19.5. The molecule has 1 unspecified atom stereocenters. The molecule has 6 nitrogen and oxygen atoms in total. The van der Waals surface area contributed by atoms with Crippen molar-refractivity contribution in [3.63, 3.8) is 0 Å². The van der Waals surface area contributed by atoms with Crippen molar-refractivity contribution in [2.75, 3.05) is 0 Å². The lowest BCUT2D eigenvalue weighted by Gasteiger charge is -2.14. The number of aliphatic carboxylic acids is 1. The smallest absolute Gasteiger partial charge is 0.416 e. The summed E-state index contributed by atoms with van der Waals surface area (Å²) in [5.74, 6) is -0.427. The molecule has 0 aliphatic rings. The lowest BCUT2D eigenvalue weighted by molar-refractivity contribution is -0.138. The molecular formula is C28H24F3NO5. The fourth-order valence-electron chi connectivity index (χ4n) is 3.92. The molecule has 9 heteroatoms. The molecule has 0 bridgehead atoms. The Hall–Kier alpha value is -3.95. The Morgan fingerprint density at radius 1 is 0.973 bits per heavy atom. The number of ether oxygens (including phenoxy) is 1. The summed E-state index contributed by atoms with van der Waals surface area (Å²) in [5.41, 5.74) is 4.00. The summed E-state index contributed by atoms with van der Waals surface area (Å²) in [4.78, 5) is 10.9. The van der Waals surface area contributed by atoms with Crippen LogP contribution < -0.4 is 0 Å². The van der Waals surface area contributed by atoms with Gasteiger partial charge in [0.2, 0.25) is 0 Å². The van der Waals surface area contributed by atoms with E-state index in [9.17, 15) is 23.1 Å². The van der Waals surface area contributed by atoms with Crippen molar-refractivity contribution in [1.82, 2.24) is 5.16 Å². The summed E-state index contributed by atoms with van der Waals surface area (Å²) in [5, 5.41) is 23.3. The quantitative estimate of drug-likeness (QED) is 0.266. The summed E-state index contributed by atoms with van der Waals surface area (Å²) in [6.07, 6.45) is -5.74. The molecule has 0 amide bonds. The van der Waals surface area contributed by atoms with Gasteiger partial charge in [-0.05, 0) is 41.3 Å². The molecule has 4 rings (SSSR count). The van der Waals surface area contributed by atoms with Gasteiger partial charge in [-0.2, -0.15) is 13.2 Å². The van der Waals surface area contributed by atoms with E-state index in [4.69, 9.17) is 14.4 Å². The maximum Gasteiger partial charge on any atom is 0.416 e. The van der Waals surface area contributed by atoms with Crippen LogP contribution in [0, 0.1) is 6.92 Å². The highest BCUT2D eigenvalue weighted by Crippen LogP contribution is 2.31. The number of aryl methyl sites for hydroxylation is 1. The van der Waals surface area contributed by atoms with Gasteiger partial charge in [0.15, 0.2) is 12.1 Å². The Kier molecular flexibility index (Phi) is 7.75. The van der Waals surface area contributed by atoms with Gasteiger partial charge in [-0.15, -0.1) is 0 Å². The van der Waals surface area contributed by atoms with E-state index in [0.717, 1.165) is 28.8 Å². The van der Waals surface area contributed by atoms with Gasteiger partial charge in [0.25, 0.3) is 0 Å². The van der Waals surface area contributed by atoms with Gasteiger partial charge in [-0.25, -0.2) is 0 Å². The predicted molar refractivity (Wildman–Crippen MR) is 129 cm³/mol. The van der Waals surface area contributed by atoms with E-state index in [1.807, 2.05) is 36.4 Å². The van der Waals surface area contributed by atoms with Crippen LogP contribution in [0.5, 0.6) is 0 Å². The number of hydrogen-bond donors (Lipinski definition) is 2. The Labute approximate surface area is 210 Å². The summed E-state index contributed by atoms with van der Waals surface area (Å²) < 4.78 is 49.7. The van der Waals surface area contributed by atoms with Crippen molar-refractivity contribution >= 4 is 5.97 Å². The number of aromatic nitrogens is 1. The van der Waals surface area contributed by atoms with E-state index in [1.54, 1.807) is 19.1 Å². The van der Waals surface area contributed by atoms with Crippen LogP contribution in [0.4, 0.5) is 13.2 Å². The molecule has 0 radical (unpaired) electrons. The molecule has 192 valence electrons. The van der Waals surface area contributed by atoms with Crippen molar-refractivity contribution in [3.05, 3.63) is 101 Å². The fraction of sp³-hybridized carbons (Fsp3) is 0.214. The van der Waals surface area contributed by atoms with Crippen LogP contribution in [0.25, 0.3) is 22.5 Å². The van der Waals surface area contributed by atoms with E-state index < -0.39 is 24.0 Å². The number of aliphatic hydroxyl groups excluding tert-OH is 1. The van der Waals surface area contributed by atoms with Gasteiger partial charge in [0.1, 0.15) is 0 Å². The zero-order chi connectivity index (χ0) is 26.6. The van der Waals surface area contributed by atoms with Gasteiger partial charge in [-0.3, -0.25) is 4.79 Å². The fourth-order valence-corrected chi connectivity index (χ4v) is 3.92. The molecule has 0 aliphatic heterocycles. The Bertz CT molecular complexity index is 1360. The van der Waals surface area contributed by atoms with Crippen molar-refractivity contribution in [2.45, 2.75) is 38.8 Å². The third kappa shape index (κ3) is 6.63. The van der Waals surface area contributed by atoms with Crippen LogP contribution in [0.2, 0.25) is 0 Å². The topological polar surface area (TPSA) is 92.8 Å². The third-order valence-corrected chi connectivity index (χ3v) is 5.85. The molecule has 0 saturated heterocycles. The lowest BCUT2D eigenvalue weighted by atomic mass is 9.99. The molecular weight excluding hydrogens is 487 g/mol. The average Bonchev–Trinajstić information content (AvgIpc) is 3.22. The number of hydrogen-bond acceptors (Lipinski definition) is 5. The number of aliphatic hydroxyl groups is 1. The molecule has 3 aromatic carbocycles. The minimum atomic E-state index is -4.46. The Balaban J connectivity index is 1.43. The first kappa shape index (κ1) is 26.1. The van der Waals surface area contributed by atoms with Crippen LogP contribution in [-0.2, 0) is 35.2 Å². The molecule has 0 saturated carbocycles. The third-order valence-electron chi connectivity index (χ3n) is 5.85. The first-order valence-corrected chi connectivity index (χ1v) is 11.4. The Morgan fingerprint density at radius 3 is 2.22 bits per heavy atom. The maximum absolute atomic E-state index is 12.9. The van der Waals surface area contributed by atoms with E-state index in [2.05, 4.69) is 5.16 Å². The molecule has 2 N–H and O–H groups in total. The van der Waals surface area contributed by atoms with Gasteiger partial charge >= 0.3 is 12.1 Å². The predicted octanol–water partition coefficient (Wildman–Crippen LogP) is 6.04. The second kappa shape index (κ2) is 11.0. The minimum absolute atomic E-state index is 0.0381. The minimum Gasteiger partial charge on any atom is -0.481 e. The number of alkyl halides is 3. The second-order valence-corrected chi connectivity index (χ2v) is 8.59. The van der Waals surface area contributed by atoms with Gasteiger partial charge in [0.05, 0.1) is 24.3 Å². The molecule has 1 aromatic heterocycles. The number of halogens is 3. The molecule has 0 aliphatic carbocycles. The lowest BCUT2D eigenvalue weighted by Crippen LogP contribution is -2.16. The van der Waals surface area contributed by atoms with Gasteiger partial charge < -0.3 is 19.5 Å². The zero-order valence-corrected chi connectivity index (χ0v) is 19.8. The second-order valence-electron chi connectivity index (χ2n) is 8.59. The highest BCUT2D eigenvalue weighted by Gasteiger charge is 2.30. The number of nitrogens with zero attached hydrogens (tertiary/aromatic N) is 1. The number of carbonyl (C=O) groups is 1. The normalized spacial score (nSPS) is 12.5. The van der Waals surface area contributed by atoms with Crippen molar-refractivity contribution in [3.8, 4) is 22.5 Å². The largest absolute Gasteiger partial charge is 0.481 e. The van der Waals surface area contributed by atoms with Gasteiger partial charge in [0, 0.05) is 17.5 Å². The maximum atomic E-state index is 12.9. The first-order valence-electron chi connectivity index (χ1n) is 11.4. The molecule has 4 aromatic rings. The average molecular weight is 511 g/mol. The molecule has 1 atom stereocenters. The summed E-state index contributed by atoms with van der Waals surface area (Å²) >= 11 is 0.